The van der Waals surface area contributed by atoms with Crippen molar-refractivity contribution < 1.29 is 8.42 Å². The van der Waals surface area contributed by atoms with E-state index in [1.165, 1.54) is 5.41 Å². The molecule has 86 valence electrons. The number of likely N-dealkylation sites (tertiary alicyclic amines) is 1. The minimum atomic E-state index is -2.92. The van der Waals surface area contributed by atoms with Crippen molar-refractivity contribution in [3.8, 4) is 0 Å². The van der Waals surface area contributed by atoms with Gasteiger partial charge in [-0.3, -0.25) is 0 Å². The lowest BCUT2D eigenvalue weighted by Crippen LogP contribution is -2.40. The van der Waals surface area contributed by atoms with Crippen molar-refractivity contribution in [1.82, 2.24) is 10.2 Å². The highest BCUT2D eigenvalue weighted by Crippen LogP contribution is 2.17. The first-order valence-corrected chi connectivity index (χ1v) is 7.05. The zero-order valence-corrected chi connectivity index (χ0v) is 10.00. The lowest BCUT2D eigenvalue weighted by Gasteiger charge is -2.16. The van der Waals surface area contributed by atoms with Crippen LogP contribution in [0.1, 0.15) is 13.3 Å². The summed E-state index contributed by atoms with van der Waals surface area (Å²) in [5.74, 6) is 0.224. The van der Waals surface area contributed by atoms with Crippen molar-refractivity contribution in [3.05, 3.63) is 11.5 Å². The Morgan fingerprint density at radius 1 is 1.47 bits per heavy atom. The first kappa shape index (κ1) is 11.1. The second-order valence-electron chi connectivity index (χ2n) is 4.65. The van der Waals surface area contributed by atoms with Gasteiger partial charge in [0.25, 0.3) is 0 Å². The van der Waals surface area contributed by atoms with Crippen LogP contribution in [0, 0.1) is 0 Å². The second-order valence-corrected chi connectivity index (χ2v) is 6.58. The second kappa shape index (κ2) is 3.88. The standard InChI is InChI=1S/C10H18N2O2S/c1-8-5-10(6-12(8)2)11-9-3-4-15(13,14)7-9/h3-4,8-11H,5-7H2,1-2H3. The van der Waals surface area contributed by atoms with E-state index in [1.54, 1.807) is 6.08 Å². The first-order chi connectivity index (χ1) is 6.96. The lowest BCUT2D eigenvalue weighted by molar-refractivity contribution is 0.326. The highest BCUT2D eigenvalue weighted by atomic mass is 32.2. The van der Waals surface area contributed by atoms with Crippen molar-refractivity contribution in [1.29, 1.82) is 0 Å². The van der Waals surface area contributed by atoms with E-state index in [0.717, 1.165) is 13.0 Å². The zero-order chi connectivity index (χ0) is 11.1. The number of sulfone groups is 1. The Bertz CT molecular complexity index is 354. The van der Waals surface area contributed by atoms with E-state index in [9.17, 15) is 8.42 Å². The molecule has 3 unspecified atom stereocenters. The maximum Gasteiger partial charge on any atom is 0.173 e. The van der Waals surface area contributed by atoms with Crippen LogP contribution in [-0.4, -0.2) is 50.8 Å². The minimum absolute atomic E-state index is 0.0127. The third-order valence-electron chi connectivity index (χ3n) is 3.27. The molecular formula is C10H18N2O2S. The van der Waals surface area contributed by atoms with E-state index >= 15 is 0 Å². The summed E-state index contributed by atoms with van der Waals surface area (Å²) in [4.78, 5) is 2.30. The number of hydrogen-bond donors (Lipinski definition) is 1. The quantitative estimate of drug-likeness (QED) is 0.724. The molecule has 0 spiro atoms. The fourth-order valence-corrected chi connectivity index (χ4v) is 3.54. The van der Waals surface area contributed by atoms with Crippen molar-refractivity contribution in [2.24, 2.45) is 0 Å². The molecular weight excluding hydrogens is 212 g/mol. The van der Waals surface area contributed by atoms with Crippen LogP contribution in [-0.2, 0) is 9.84 Å². The van der Waals surface area contributed by atoms with Gasteiger partial charge < -0.3 is 10.2 Å². The molecule has 2 rings (SSSR count). The fourth-order valence-electron chi connectivity index (χ4n) is 2.30. The predicted molar refractivity (Wildman–Crippen MR) is 60.3 cm³/mol. The smallest absolute Gasteiger partial charge is 0.173 e. The molecule has 4 nitrogen and oxygen atoms in total. The Kier molecular flexibility index (Phi) is 2.87. The van der Waals surface area contributed by atoms with Crippen LogP contribution in [0.15, 0.2) is 11.5 Å². The molecule has 1 fully saturated rings. The van der Waals surface area contributed by atoms with Crippen molar-refractivity contribution in [2.75, 3.05) is 19.3 Å². The topological polar surface area (TPSA) is 49.4 Å². The summed E-state index contributed by atoms with van der Waals surface area (Å²) in [6.45, 7) is 3.20. The fraction of sp³-hybridized carbons (Fsp3) is 0.800. The van der Waals surface area contributed by atoms with Crippen LogP contribution in [0.2, 0.25) is 0 Å². The Hall–Kier alpha value is -0.390. The number of nitrogens with zero attached hydrogens (tertiary/aromatic N) is 1. The average molecular weight is 230 g/mol. The molecule has 0 aromatic carbocycles. The van der Waals surface area contributed by atoms with E-state index in [2.05, 4.69) is 24.2 Å². The highest BCUT2D eigenvalue weighted by Gasteiger charge is 2.29. The number of hydrogen-bond acceptors (Lipinski definition) is 4. The van der Waals surface area contributed by atoms with E-state index in [1.807, 2.05) is 0 Å². The van der Waals surface area contributed by atoms with Gasteiger partial charge in [-0.15, -0.1) is 0 Å². The Morgan fingerprint density at radius 3 is 2.67 bits per heavy atom. The van der Waals surface area contributed by atoms with E-state index < -0.39 is 9.84 Å². The Labute approximate surface area is 91.3 Å². The van der Waals surface area contributed by atoms with Crippen molar-refractivity contribution in [2.45, 2.75) is 31.5 Å². The third-order valence-corrected chi connectivity index (χ3v) is 4.66. The van der Waals surface area contributed by atoms with Crippen molar-refractivity contribution in [3.63, 3.8) is 0 Å². The molecule has 1 saturated heterocycles. The summed E-state index contributed by atoms with van der Waals surface area (Å²) >= 11 is 0. The molecule has 0 aliphatic carbocycles. The van der Waals surface area contributed by atoms with Crippen molar-refractivity contribution >= 4 is 9.84 Å². The largest absolute Gasteiger partial charge is 0.305 e. The molecule has 2 heterocycles. The first-order valence-electron chi connectivity index (χ1n) is 5.33. The minimum Gasteiger partial charge on any atom is -0.305 e. The molecule has 0 saturated carbocycles. The highest BCUT2D eigenvalue weighted by molar-refractivity contribution is 7.94. The summed E-state index contributed by atoms with van der Waals surface area (Å²) in [7, 11) is -0.816. The van der Waals surface area contributed by atoms with Gasteiger partial charge in [0.2, 0.25) is 0 Å². The summed E-state index contributed by atoms with van der Waals surface area (Å²) < 4.78 is 22.4. The maximum absolute atomic E-state index is 11.2. The van der Waals surface area contributed by atoms with Gasteiger partial charge in [0.1, 0.15) is 0 Å². The zero-order valence-electron chi connectivity index (χ0n) is 9.18. The normalized spacial score (nSPS) is 40.0. The molecule has 3 atom stereocenters. The number of likely N-dealkylation sites (N-methyl/N-ethyl adjacent to an activating group) is 1. The summed E-state index contributed by atoms with van der Waals surface area (Å²) in [5, 5.41) is 4.71. The van der Waals surface area contributed by atoms with Gasteiger partial charge in [0.05, 0.1) is 5.75 Å². The van der Waals surface area contributed by atoms with Gasteiger partial charge in [0, 0.05) is 30.1 Å². The van der Waals surface area contributed by atoms with Gasteiger partial charge in [-0.1, -0.05) is 6.08 Å². The van der Waals surface area contributed by atoms with Gasteiger partial charge in [-0.2, -0.15) is 0 Å². The summed E-state index contributed by atoms with van der Waals surface area (Å²) in [6.07, 6.45) is 2.86. The van der Waals surface area contributed by atoms with Crippen LogP contribution in [0.25, 0.3) is 0 Å². The predicted octanol–water partition coefficient (Wildman–Crippen LogP) is -0.0207. The molecule has 0 radical (unpaired) electrons. The summed E-state index contributed by atoms with van der Waals surface area (Å²) in [5.41, 5.74) is 0. The van der Waals surface area contributed by atoms with Crippen LogP contribution < -0.4 is 5.32 Å². The monoisotopic (exact) mass is 230 g/mol. The van der Waals surface area contributed by atoms with Gasteiger partial charge in [-0.05, 0) is 20.4 Å². The Morgan fingerprint density at radius 2 is 2.20 bits per heavy atom. The lowest BCUT2D eigenvalue weighted by atomic mass is 10.1. The summed E-state index contributed by atoms with van der Waals surface area (Å²) in [6, 6.07) is 1.02. The van der Waals surface area contributed by atoms with Gasteiger partial charge in [-0.25, -0.2) is 8.42 Å². The number of nitrogens with one attached hydrogen (secondary N) is 1. The van der Waals surface area contributed by atoms with E-state index in [0.29, 0.717) is 12.1 Å². The number of rotatable bonds is 2. The molecule has 2 aliphatic heterocycles. The van der Waals surface area contributed by atoms with Crippen LogP contribution in [0.4, 0.5) is 0 Å². The van der Waals surface area contributed by atoms with Gasteiger partial charge in [0.15, 0.2) is 9.84 Å². The molecule has 0 amide bonds. The molecule has 5 heteroatoms. The maximum atomic E-state index is 11.2. The molecule has 0 bridgehead atoms. The molecule has 15 heavy (non-hydrogen) atoms. The van der Waals surface area contributed by atoms with Crippen LogP contribution in [0.3, 0.4) is 0 Å². The average Bonchev–Trinajstić information content (AvgIpc) is 2.58. The molecule has 0 aromatic heterocycles. The molecule has 2 aliphatic rings. The third kappa shape index (κ3) is 2.59. The molecule has 0 aromatic rings. The van der Waals surface area contributed by atoms with Gasteiger partial charge >= 0.3 is 0 Å². The van der Waals surface area contributed by atoms with Crippen LogP contribution >= 0.6 is 0 Å². The van der Waals surface area contributed by atoms with E-state index in [4.69, 9.17) is 0 Å². The van der Waals surface area contributed by atoms with Crippen LogP contribution in [0.5, 0.6) is 0 Å². The van der Waals surface area contributed by atoms with E-state index in [-0.39, 0.29) is 11.8 Å². The molecule has 1 N–H and O–H groups in total. The Balaban J connectivity index is 1.88. The SMILES string of the molecule is CC1CC(NC2C=CS(=O)(=O)C2)CN1C.